The molecular weight excluding hydrogens is 192 g/mol. The van der Waals surface area contributed by atoms with Gasteiger partial charge in [0.1, 0.15) is 18.7 Å². The number of benzene rings is 1. The van der Waals surface area contributed by atoms with Gasteiger partial charge in [-0.05, 0) is 18.2 Å². The molecular formula is C11H10N2O2. The van der Waals surface area contributed by atoms with Crippen molar-refractivity contribution in [3.05, 3.63) is 29.6 Å². The second kappa shape index (κ2) is 3.17. The van der Waals surface area contributed by atoms with Crippen LogP contribution in [0.4, 0.5) is 0 Å². The van der Waals surface area contributed by atoms with E-state index in [4.69, 9.17) is 4.74 Å². The van der Waals surface area contributed by atoms with E-state index in [1.807, 2.05) is 18.2 Å². The molecule has 0 spiro atoms. The Morgan fingerprint density at radius 3 is 3.27 bits per heavy atom. The van der Waals surface area contributed by atoms with Crippen molar-refractivity contribution in [2.75, 3.05) is 6.61 Å². The maximum Gasteiger partial charge on any atom is 0.150 e. The summed E-state index contributed by atoms with van der Waals surface area (Å²) >= 11 is 0. The minimum absolute atomic E-state index is 0.561. The number of imidazole rings is 1. The summed E-state index contributed by atoms with van der Waals surface area (Å²) in [5, 5.41) is 0. The Labute approximate surface area is 86.5 Å². The van der Waals surface area contributed by atoms with Crippen LogP contribution in [0.25, 0.3) is 11.0 Å². The Kier molecular flexibility index (Phi) is 1.82. The SMILES string of the molecule is O=Cc1ccc2c(c1)nc1n2CCOC1. The summed E-state index contributed by atoms with van der Waals surface area (Å²) in [6, 6.07) is 5.58. The number of hydrogen-bond donors (Lipinski definition) is 0. The lowest BCUT2D eigenvalue weighted by Crippen LogP contribution is -2.16. The molecule has 1 aromatic heterocycles. The van der Waals surface area contributed by atoms with E-state index in [1.165, 1.54) is 0 Å². The largest absolute Gasteiger partial charge is 0.372 e. The third-order valence-electron chi connectivity index (χ3n) is 2.68. The summed E-state index contributed by atoms with van der Waals surface area (Å²) in [4.78, 5) is 15.1. The van der Waals surface area contributed by atoms with Gasteiger partial charge in [0.05, 0.1) is 17.6 Å². The van der Waals surface area contributed by atoms with Gasteiger partial charge < -0.3 is 9.30 Å². The van der Waals surface area contributed by atoms with Crippen molar-refractivity contribution in [1.82, 2.24) is 9.55 Å². The zero-order valence-electron chi connectivity index (χ0n) is 8.14. The Bertz CT molecular complexity index is 531. The van der Waals surface area contributed by atoms with Gasteiger partial charge in [0.2, 0.25) is 0 Å². The maximum atomic E-state index is 10.6. The van der Waals surface area contributed by atoms with Crippen molar-refractivity contribution < 1.29 is 9.53 Å². The predicted molar refractivity (Wildman–Crippen MR) is 54.8 cm³/mol. The molecule has 0 atom stereocenters. The van der Waals surface area contributed by atoms with Gasteiger partial charge in [0, 0.05) is 12.1 Å². The molecule has 3 rings (SSSR count). The quantitative estimate of drug-likeness (QED) is 0.656. The van der Waals surface area contributed by atoms with Gasteiger partial charge in [-0.15, -0.1) is 0 Å². The predicted octanol–water partition coefficient (Wildman–Crippen LogP) is 1.38. The van der Waals surface area contributed by atoms with Crippen LogP contribution < -0.4 is 0 Å². The third-order valence-corrected chi connectivity index (χ3v) is 2.68. The lowest BCUT2D eigenvalue weighted by atomic mass is 10.2. The highest BCUT2D eigenvalue weighted by Gasteiger charge is 2.14. The van der Waals surface area contributed by atoms with Gasteiger partial charge in [0.15, 0.2) is 0 Å². The Morgan fingerprint density at radius 1 is 1.47 bits per heavy atom. The third kappa shape index (κ3) is 1.26. The van der Waals surface area contributed by atoms with Crippen LogP contribution in [0, 0.1) is 0 Å². The number of carbonyl (C=O) groups is 1. The number of aromatic nitrogens is 2. The van der Waals surface area contributed by atoms with Crippen LogP contribution in [-0.4, -0.2) is 22.4 Å². The molecule has 4 heteroatoms. The van der Waals surface area contributed by atoms with Crippen molar-refractivity contribution in [1.29, 1.82) is 0 Å². The first-order valence-corrected chi connectivity index (χ1v) is 4.90. The van der Waals surface area contributed by atoms with Crippen molar-refractivity contribution in [3.8, 4) is 0 Å². The van der Waals surface area contributed by atoms with E-state index in [-0.39, 0.29) is 0 Å². The molecule has 76 valence electrons. The van der Waals surface area contributed by atoms with Gasteiger partial charge >= 0.3 is 0 Å². The van der Waals surface area contributed by atoms with Gasteiger partial charge in [-0.1, -0.05) is 0 Å². The Balaban J connectivity index is 2.26. The van der Waals surface area contributed by atoms with Gasteiger partial charge in [-0.2, -0.15) is 0 Å². The molecule has 2 heterocycles. The molecule has 1 aliphatic heterocycles. The molecule has 4 nitrogen and oxygen atoms in total. The number of carbonyl (C=O) groups excluding carboxylic acids is 1. The maximum absolute atomic E-state index is 10.6. The molecule has 1 aromatic carbocycles. The summed E-state index contributed by atoms with van der Waals surface area (Å²) in [7, 11) is 0. The van der Waals surface area contributed by atoms with E-state index in [0.29, 0.717) is 12.2 Å². The molecule has 0 unspecified atom stereocenters. The van der Waals surface area contributed by atoms with Gasteiger partial charge in [-0.3, -0.25) is 4.79 Å². The molecule has 0 amide bonds. The molecule has 15 heavy (non-hydrogen) atoms. The molecule has 1 aliphatic rings. The first-order valence-electron chi connectivity index (χ1n) is 4.90. The van der Waals surface area contributed by atoms with Crippen molar-refractivity contribution in [3.63, 3.8) is 0 Å². The van der Waals surface area contributed by atoms with E-state index in [1.54, 1.807) is 0 Å². The summed E-state index contributed by atoms with van der Waals surface area (Å²) < 4.78 is 7.48. The average Bonchev–Trinajstić information content (AvgIpc) is 2.66. The fourth-order valence-corrected chi connectivity index (χ4v) is 1.95. The van der Waals surface area contributed by atoms with Crippen LogP contribution in [0.3, 0.4) is 0 Å². The monoisotopic (exact) mass is 202 g/mol. The lowest BCUT2D eigenvalue weighted by molar-refractivity contribution is 0.0830. The Hall–Kier alpha value is -1.68. The fourth-order valence-electron chi connectivity index (χ4n) is 1.95. The van der Waals surface area contributed by atoms with Gasteiger partial charge in [0.25, 0.3) is 0 Å². The standard InChI is InChI=1S/C11H10N2O2/c14-6-8-1-2-10-9(5-8)12-11-7-15-4-3-13(10)11/h1-2,5-6H,3-4,7H2. The van der Waals surface area contributed by atoms with Crippen LogP contribution in [0.5, 0.6) is 0 Å². The van der Waals surface area contributed by atoms with E-state index in [2.05, 4.69) is 9.55 Å². The summed E-state index contributed by atoms with van der Waals surface area (Å²) in [5.74, 6) is 0.944. The average molecular weight is 202 g/mol. The lowest BCUT2D eigenvalue weighted by Gasteiger charge is -2.14. The number of fused-ring (bicyclic) bond motifs is 3. The minimum Gasteiger partial charge on any atom is -0.372 e. The highest BCUT2D eigenvalue weighted by Crippen LogP contribution is 2.20. The number of rotatable bonds is 1. The zero-order valence-corrected chi connectivity index (χ0v) is 8.14. The number of aldehydes is 1. The van der Waals surface area contributed by atoms with E-state index >= 15 is 0 Å². The van der Waals surface area contributed by atoms with Crippen molar-refractivity contribution in [2.45, 2.75) is 13.2 Å². The van der Waals surface area contributed by atoms with Crippen LogP contribution >= 0.6 is 0 Å². The minimum atomic E-state index is 0.561. The molecule has 0 fully saturated rings. The number of nitrogens with zero attached hydrogens (tertiary/aromatic N) is 2. The van der Waals surface area contributed by atoms with Crippen LogP contribution in [-0.2, 0) is 17.9 Å². The topological polar surface area (TPSA) is 44.1 Å². The molecule has 0 aliphatic carbocycles. The molecule has 0 saturated heterocycles. The number of hydrogen-bond acceptors (Lipinski definition) is 3. The summed E-state index contributed by atoms with van der Waals surface area (Å²) in [6.45, 7) is 2.13. The molecule has 0 radical (unpaired) electrons. The number of ether oxygens (including phenoxy) is 1. The fraction of sp³-hybridized carbons (Fsp3) is 0.273. The summed E-state index contributed by atoms with van der Waals surface area (Å²) in [5.41, 5.74) is 2.62. The van der Waals surface area contributed by atoms with Crippen LogP contribution in [0.2, 0.25) is 0 Å². The van der Waals surface area contributed by atoms with E-state index in [9.17, 15) is 4.79 Å². The second-order valence-corrected chi connectivity index (χ2v) is 3.60. The first-order chi connectivity index (χ1) is 7.38. The second-order valence-electron chi connectivity index (χ2n) is 3.60. The molecule has 0 N–H and O–H groups in total. The van der Waals surface area contributed by atoms with E-state index < -0.39 is 0 Å². The van der Waals surface area contributed by atoms with Crippen LogP contribution in [0.15, 0.2) is 18.2 Å². The highest BCUT2D eigenvalue weighted by atomic mass is 16.5. The Morgan fingerprint density at radius 2 is 2.40 bits per heavy atom. The van der Waals surface area contributed by atoms with Crippen molar-refractivity contribution in [2.24, 2.45) is 0 Å². The van der Waals surface area contributed by atoms with E-state index in [0.717, 1.165) is 36.3 Å². The summed E-state index contributed by atoms with van der Waals surface area (Å²) in [6.07, 6.45) is 0.842. The molecule has 0 bridgehead atoms. The van der Waals surface area contributed by atoms with Crippen LogP contribution in [0.1, 0.15) is 16.2 Å². The molecule has 2 aromatic rings. The first kappa shape index (κ1) is 8.61. The zero-order chi connectivity index (χ0) is 10.3. The molecule has 0 saturated carbocycles. The van der Waals surface area contributed by atoms with Gasteiger partial charge in [-0.25, -0.2) is 4.98 Å². The highest BCUT2D eigenvalue weighted by molar-refractivity contribution is 5.85. The normalized spacial score (nSPS) is 15.2. The van der Waals surface area contributed by atoms with Crippen molar-refractivity contribution >= 4 is 17.3 Å². The smallest absolute Gasteiger partial charge is 0.150 e.